The Morgan fingerprint density at radius 3 is 2.59 bits per heavy atom. The van der Waals surface area contributed by atoms with E-state index in [0.29, 0.717) is 18.1 Å². The van der Waals surface area contributed by atoms with E-state index in [1.165, 1.54) is 17.5 Å². The molecule has 0 aliphatic heterocycles. The van der Waals surface area contributed by atoms with Crippen LogP contribution in [0.25, 0.3) is 0 Å². The first kappa shape index (κ1) is 18.6. The molecule has 0 saturated carbocycles. The van der Waals surface area contributed by atoms with Crippen LogP contribution in [0.15, 0.2) is 67.0 Å². The second kappa shape index (κ2) is 9.48. The molecule has 0 spiro atoms. The fourth-order valence-electron chi connectivity index (χ4n) is 2.83. The molecule has 0 saturated heterocycles. The van der Waals surface area contributed by atoms with Crippen LogP contribution in [-0.4, -0.2) is 22.4 Å². The summed E-state index contributed by atoms with van der Waals surface area (Å²) in [6.07, 6.45) is 3.41. The van der Waals surface area contributed by atoms with E-state index >= 15 is 0 Å². The van der Waals surface area contributed by atoms with Gasteiger partial charge in [-0.3, -0.25) is 4.79 Å². The summed E-state index contributed by atoms with van der Waals surface area (Å²) in [5.74, 6) is 0.463. The smallest absolute Gasteiger partial charge is 0.270 e. The van der Waals surface area contributed by atoms with E-state index in [1.807, 2.05) is 31.2 Å². The molecular weight excluding hydrogens is 336 g/mol. The average molecular weight is 360 g/mol. The fourth-order valence-corrected chi connectivity index (χ4v) is 2.83. The van der Waals surface area contributed by atoms with Crippen LogP contribution in [-0.2, 0) is 13.0 Å². The number of aromatic nitrogens is 2. The number of carbonyl (C=O) groups is 1. The highest BCUT2D eigenvalue weighted by atomic mass is 16.1. The van der Waals surface area contributed by atoms with Gasteiger partial charge in [-0.25, -0.2) is 9.97 Å². The van der Waals surface area contributed by atoms with Gasteiger partial charge in [-0.05, 0) is 30.9 Å². The standard InChI is InChI=1S/C22H24N4O/c1-17-7-5-10-19(13-17)15-24-22(27)20-14-21(26-16-25-20)23-12-6-11-18-8-3-2-4-9-18/h2-5,7-10,13-14,16H,6,11-12,15H2,1H3,(H,24,27)(H,23,25,26). The minimum atomic E-state index is -0.203. The number of nitrogens with zero attached hydrogens (tertiary/aromatic N) is 2. The predicted molar refractivity (Wildman–Crippen MR) is 108 cm³/mol. The van der Waals surface area contributed by atoms with E-state index in [1.54, 1.807) is 6.07 Å². The Hall–Kier alpha value is -3.21. The SMILES string of the molecule is Cc1cccc(CNC(=O)c2cc(NCCCc3ccccc3)ncn2)c1. The lowest BCUT2D eigenvalue weighted by molar-refractivity contribution is 0.0946. The van der Waals surface area contributed by atoms with Crippen LogP contribution in [0.5, 0.6) is 0 Å². The first-order chi connectivity index (χ1) is 13.2. The zero-order valence-corrected chi connectivity index (χ0v) is 15.5. The van der Waals surface area contributed by atoms with E-state index in [4.69, 9.17) is 0 Å². The van der Waals surface area contributed by atoms with Gasteiger partial charge < -0.3 is 10.6 Å². The van der Waals surface area contributed by atoms with Crippen LogP contribution >= 0.6 is 0 Å². The third kappa shape index (κ3) is 5.92. The Bertz CT molecular complexity index is 880. The Morgan fingerprint density at radius 2 is 1.78 bits per heavy atom. The van der Waals surface area contributed by atoms with Gasteiger partial charge in [0.25, 0.3) is 5.91 Å². The van der Waals surface area contributed by atoms with E-state index in [9.17, 15) is 4.79 Å². The number of carbonyl (C=O) groups excluding carboxylic acids is 1. The topological polar surface area (TPSA) is 66.9 Å². The number of anilines is 1. The number of nitrogens with one attached hydrogen (secondary N) is 2. The van der Waals surface area contributed by atoms with Crippen molar-refractivity contribution in [3.05, 3.63) is 89.4 Å². The maximum absolute atomic E-state index is 12.3. The van der Waals surface area contributed by atoms with E-state index in [-0.39, 0.29) is 5.91 Å². The average Bonchev–Trinajstić information content (AvgIpc) is 2.70. The molecule has 0 aliphatic carbocycles. The molecule has 0 radical (unpaired) electrons. The normalized spacial score (nSPS) is 10.4. The van der Waals surface area contributed by atoms with Crippen LogP contribution in [0, 0.1) is 6.92 Å². The quantitative estimate of drug-likeness (QED) is 0.600. The molecule has 5 heteroatoms. The fraction of sp³-hybridized carbons (Fsp3) is 0.227. The van der Waals surface area contributed by atoms with Crippen molar-refractivity contribution in [3.8, 4) is 0 Å². The zero-order valence-electron chi connectivity index (χ0n) is 15.5. The van der Waals surface area contributed by atoms with Crippen molar-refractivity contribution in [2.75, 3.05) is 11.9 Å². The van der Waals surface area contributed by atoms with Gasteiger partial charge in [0.2, 0.25) is 0 Å². The second-order valence-corrected chi connectivity index (χ2v) is 6.48. The third-order valence-electron chi connectivity index (χ3n) is 4.23. The van der Waals surface area contributed by atoms with Crippen LogP contribution < -0.4 is 10.6 Å². The van der Waals surface area contributed by atoms with Gasteiger partial charge in [0, 0.05) is 19.2 Å². The van der Waals surface area contributed by atoms with Crippen molar-refractivity contribution in [2.24, 2.45) is 0 Å². The maximum atomic E-state index is 12.3. The molecule has 1 heterocycles. The van der Waals surface area contributed by atoms with Crippen molar-refractivity contribution in [1.82, 2.24) is 15.3 Å². The van der Waals surface area contributed by atoms with Crippen molar-refractivity contribution in [3.63, 3.8) is 0 Å². The highest BCUT2D eigenvalue weighted by Crippen LogP contribution is 2.07. The van der Waals surface area contributed by atoms with Gasteiger partial charge in [0.05, 0.1) is 0 Å². The van der Waals surface area contributed by atoms with Crippen LogP contribution in [0.2, 0.25) is 0 Å². The van der Waals surface area contributed by atoms with Crippen LogP contribution in [0.1, 0.15) is 33.6 Å². The summed E-state index contributed by atoms with van der Waals surface area (Å²) in [5, 5.41) is 6.16. The van der Waals surface area contributed by atoms with Crippen molar-refractivity contribution >= 4 is 11.7 Å². The molecule has 0 unspecified atom stereocenters. The van der Waals surface area contributed by atoms with Crippen molar-refractivity contribution < 1.29 is 4.79 Å². The Morgan fingerprint density at radius 1 is 0.963 bits per heavy atom. The lowest BCUT2D eigenvalue weighted by Gasteiger charge is -2.08. The number of benzene rings is 2. The predicted octanol–water partition coefficient (Wildman–Crippen LogP) is 3.76. The van der Waals surface area contributed by atoms with E-state index in [0.717, 1.165) is 24.9 Å². The lowest BCUT2D eigenvalue weighted by atomic mass is 10.1. The molecule has 138 valence electrons. The number of hydrogen-bond acceptors (Lipinski definition) is 4. The van der Waals surface area contributed by atoms with E-state index < -0.39 is 0 Å². The first-order valence-electron chi connectivity index (χ1n) is 9.14. The molecule has 0 atom stereocenters. The summed E-state index contributed by atoms with van der Waals surface area (Å²) in [4.78, 5) is 20.6. The van der Waals surface area contributed by atoms with Gasteiger partial charge in [-0.1, -0.05) is 60.2 Å². The number of rotatable bonds is 8. The number of hydrogen-bond donors (Lipinski definition) is 2. The van der Waals surface area contributed by atoms with Crippen LogP contribution in [0.4, 0.5) is 5.82 Å². The van der Waals surface area contributed by atoms with Gasteiger partial charge in [0.15, 0.2) is 0 Å². The van der Waals surface area contributed by atoms with Gasteiger partial charge in [0.1, 0.15) is 17.8 Å². The molecule has 0 bridgehead atoms. The summed E-state index contributed by atoms with van der Waals surface area (Å²) in [7, 11) is 0. The highest BCUT2D eigenvalue weighted by molar-refractivity contribution is 5.92. The Kier molecular flexibility index (Phi) is 6.52. The van der Waals surface area contributed by atoms with Gasteiger partial charge in [-0.2, -0.15) is 0 Å². The Labute approximate surface area is 159 Å². The van der Waals surface area contributed by atoms with Gasteiger partial charge in [-0.15, -0.1) is 0 Å². The maximum Gasteiger partial charge on any atom is 0.270 e. The molecule has 0 aliphatic rings. The molecule has 5 nitrogen and oxygen atoms in total. The molecule has 2 N–H and O–H groups in total. The molecule has 3 rings (SSSR count). The lowest BCUT2D eigenvalue weighted by Crippen LogP contribution is -2.24. The largest absolute Gasteiger partial charge is 0.370 e. The summed E-state index contributed by atoms with van der Waals surface area (Å²) < 4.78 is 0. The molecule has 0 fully saturated rings. The summed E-state index contributed by atoms with van der Waals surface area (Å²) in [5.41, 5.74) is 3.92. The Balaban J connectivity index is 1.48. The minimum Gasteiger partial charge on any atom is -0.370 e. The molecular formula is C22H24N4O. The molecule has 3 aromatic rings. The zero-order chi connectivity index (χ0) is 18.9. The number of aryl methyl sites for hydroxylation is 2. The molecule has 27 heavy (non-hydrogen) atoms. The second-order valence-electron chi connectivity index (χ2n) is 6.48. The first-order valence-corrected chi connectivity index (χ1v) is 9.14. The van der Waals surface area contributed by atoms with Crippen molar-refractivity contribution in [1.29, 1.82) is 0 Å². The summed E-state index contributed by atoms with van der Waals surface area (Å²) in [6, 6.07) is 20.1. The summed E-state index contributed by atoms with van der Waals surface area (Å²) >= 11 is 0. The molecule has 2 aromatic carbocycles. The third-order valence-corrected chi connectivity index (χ3v) is 4.23. The number of amides is 1. The minimum absolute atomic E-state index is 0.203. The summed E-state index contributed by atoms with van der Waals surface area (Å²) in [6.45, 7) is 3.30. The highest BCUT2D eigenvalue weighted by Gasteiger charge is 2.08. The molecule has 1 amide bonds. The van der Waals surface area contributed by atoms with Crippen LogP contribution in [0.3, 0.4) is 0 Å². The van der Waals surface area contributed by atoms with E-state index in [2.05, 4.69) is 50.9 Å². The monoisotopic (exact) mass is 360 g/mol. The van der Waals surface area contributed by atoms with Gasteiger partial charge >= 0.3 is 0 Å². The molecule has 1 aromatic heterocycles. The van der Waals surface area contributed by atoms with Crippen molar-refractivity contribution in [2.45, 2.75) is 26.3 Å².